The van der Waals surface area contributed by atoms with E-state index in [2.05, 4.69) is 45.1 Å². The molecule has 0 aliphatic heterocycles. The van der Waals surface area contributed by atoms with Crippen molar-refractivity contribution in [2.75, 3.05) is 30.1 Å². The van der Waals surface area contributed by atoms with Gasteiger partial charge in [0.2, 0.25) is 5.95 Å². The van der Waals surface area contributed by atoms with E-state index in [4.69, 9.17) is 9.47 Å². The smallest absolute Gasteiger partial charge is 0.276 e. The van der Waals surface area contributed by atoms with Crippen molar-refractivity contribution in [1.29, 1.82) is 0 Å². The Balaban J connectivity index is 1.58. The van der Waals surface area contributed by atoms with Gasteiger partial charge in [-0.2, -0.15) is 5.10 Å². The average molecular weight is 581 g/mol. The predicted molar refractivity (Wildman–Crippen MR) is 156 cm³/mol. The number of amides is 1. The van der Waals surface area contributed by atoms with Gasteiger partial charge in [0.1, 0.15) is 12.5 Å². The predicted octanol–water partition coefficient (Wildman–Crippen LogP) is 4.64. The van der Waals surface area contributed by atoms with Crippen LogP contribution in [0.15, 0.2) is 78.1 Å². The van der Waals surface area contributed by atoms with Crippen LogP contribution in [0.3, 0.4) is 0 Å². The van der Waals surface area contributed by atoms with Crippen molar-refractivity contribution in [2.24, 2.45) is 0 Å². The monoisotopic (exact) mass is 580 g/mol. The summed E-state index contributed by atoms with van der Waals surface area (Å²) >= 11 is 0. The van der Waals surface area contributed by atoms with Gasteiger partial charge < -0.3 is 14.8 Å². The zero-order valence-electron chi connectivity index (χ0n) is 22.8. The van der Waals surface area contributed by atoms with Crippen molar-refractivity contribution in [2.45, 2.75) is 30.6 Å². The van der Waals surface area contributed by atoms with E-state index in [1.165, 1.54) is 24.5 Å². The summed E-state index contributed by atoms with van der Waals surface area (Å²) in [4.78, 5) is 21.4. The van der Waals surface area contributed by atoms with E-state index < -0.39 is 24.0 Å². The normalized spacial score (nSPS) is 11.7. The van der Waals surface area contributed by atoms with E-state index >= 15 is 0 Å². The highest BCUT2D eigenvalue weighted by atomic mass is 32.2. The molecule has 0 saturated carbocycles. The summed E-state index contributed by atoms with van der Waals surface area (Å²) in [7, 11) is -3.96. The highest BCUT2D eigenvalue weighted by Gasteiger charge is 2.28. The Morgan fingerprint density at radius 3 is 2.50 bits per heavy atom. The maximum absolute atomic E-state index is 13.7. The number of hydrogen-bond acceptors (Lipinski definition) is 8. The molecule has 2 aromatic heterocycles. The van der Waals surface area contributed by atoms with Gasteiger partial charge in [-0.15, -0.1) is 0 Å². The number of ether oxygens (including phenoxy) is 2. The minimum atomic E-state index is -4.14. The number of aromatic nitrogens is 4. The van der Waals surface area contributed by atoms with Gasteiger partial charge in [0.15, 0.2) is 5.69 Å². The van der Waals surface area contributed by atoms with Gasteiger partial charge in [-0.3, -0.25) is 9.89 Å². The molecule has 0 unspecified atom stereocenters. The van der Waals surface area contributed by atoms with Crippen LogP contribution in [-0.4, -0.2) is 63.0 Å². The Labute approximate surface area is 234 Å². The number of aromatic amines is 1. The first-order chi connectivity index (χ1) is 19.1. The molecular formula is C27H32N6O5SSi. The second-order valence-electron chi connectivity index (χ2n) is 10.1. The maximum Gasteiger partial charge on any atom is 0.276 e. The Morgan fingerprint density at radius 2 is 1.77 bits per heavy atom. The summed E-state index contributed by atoms with van der Waals surface area (Å²) in [6, 6.07) is 15.7. The van der Waals surface area contributed by atoms with Crippen LogP contribution in [0.2, 0.25) is 25.7 Å². The van der Waals surface area contributed by atoms with Gasteiger partial charge >= 0.3 is 0 Å². The van der Waals surface area contributed by atoms with Crippen molar-refractivity contribution < 1.29 is 22.7 Å². The van der Waals surface area contributed by atoms with Gasteiger partial charge in [0, 0.05) is 50.1 Å². The molecule has 0 aliphatic rings. The van der Waals surface area contributed by atoms with Crippen LogP contribution < -0.4 is 14.4 Å². The molecule has 1 amide bonds. The van der Waals surface area contributed by atoms with Gasteiger partial charge in [-0.05, 0) is 36.4 Å². The number of rotatable bonds is 12. The largest absolute Gasteiger partial charge is 0.496 e. The molecule has 0 bridgehead atoms. The second kappa shape index (κ2) is 12.4. The first kappa shape index (κ1) is 28.9. The minimum Gasteiger partial charge on any atom is -0.496 e. The van der Waals surface area contributed by atoms with Crippen LogP contribution in [0.5, 0.6) is 5.75 Å². The third-order valence-electron chi connectivity index (χ3n) is 5.91. The molecule has 2 heterocycles. The second-order valence-corrected chi connectivity index (χ2v) is 17.6. The molecule has 0 radical (unpaired) electrons. The fourth-order valence-corrected chi connectivity index (χ4v) is 5.83. The van der Waals surface area contributed by atoms with Crippen LogP contribution in [0, 0.1) is 0 Å². The Bertz CT molecular complexity index is 1560. The lowest BCUT2D eigenvalue weighted by Gasteiger charge is -2.23. The molecule has 0 aliphatic carbocycles. The number of H-pyrrole nitrogens is 1. The maximum atomic E-state index is 13.7. The zero-order valence-corrected chi connectivity index (χ0v) is 24.6. The molecule has 4 rings (SSSR count). The fraction of sp³-hybridized carbons (Fsp3) is 0.259. The number of para-hydroxylation sites is 1. The molecule has 0 atom stereocenters. The Kier molecular flexibility index (Phi) is 8.97. The van der Waals surface area contributed by atoms with Crippen LogP contribution in [0.1, 0.15) is 10.5 Å². The summed E-state index contributed by atoms with van der Waals surface area (Å²) in [5.41, 5.74) is 1.64. The van der Waals surface area contributed by atoms with Crippen molar-refractivity contribution in [3.63, 3.8) is 0 Å². The fourth-order valence-electron chi connectivity index (χ4n) is 3.77. The highest BCUT2D eigenvalue weighted by molar-refractivity contribution is 7.92. The molecular weight excluding hydrogens is 548 g/mol. The number of methoxy groups -OCH3 is 1. The lowest BCUT2D eigenvalue weighted by atomic mass is 10.0. The van der Waals surface area contributed by atoms with E-state index in [0.29, 0.717) is 23.5 Å². The molecule has 0 saturated heterocycles. The number of anilines is 2. The number of sulfonamides is 1. The summed E-state index contributed by atoms with van der Waals surface area (Å²) < 4.78 is 39.7. The molecule has 40 heavy (non-hydrogen) atoms. The quantitative estimate of drug-likeness (QED) is 0.140. The summed E-state index contributed by atoms with van der Waals surface area (Å²) in [5, 5.41) is 9.58. The Hall–Kier alpha value is -4.07. The Morgan fingerprint density at radius 1 is 1.02 bits per heavy atom. The summed E-state index contributed by atoms with van der Waals surface area (Å²) in [5.74, 6) is 0.0545. The van der Waals surface area contributed by atoms with Gasteiger partial charge in [-0.25, -0.2) is 22.7 Å². The molecule has 2 N–H and O–H groups in total. The van der Waals surface area contributed by atoms with Crippen molar-refractivity contribution in [1.82, 2.24) is 20.2 Å². The molecule has 2 aromatic carbocycles. The van der Waals surface area contributed by atoms with E-state index in [-0.39, 0.29) is 29.0 Å². The number of carbonyl (C=O) groups excluding carboxylic acids is 1. The first-order valence-electron chi connectivity index (χ1n) is 12.6. The first-order valence-corrected chi connectivity index (χ1v) is 17.7. The van der Waals surface area contributed by atoms with E-state index in [1.807, 2.05) is 18.2 Å². The molecule has 4 aromatic rings. The summed E-state index contributed by atoms with van der Waals surface area (Å²) in [6.45, 7) is 6.82. The standard InChI is InChI=1S/C27H32N6O5SSi/c1-37-24-12-6-5-11-22(24)23-18-30-32-25(23)26(34)31-20-9-7-10-21(17-20)39(35,36)33(27-28-13-8-14-29-27)19-38-15-16-40(2,3)4/h5-14,17-18H,15-16,19H2,1-4H3,(H,30,32)(H,31,34). The van der Waals surface area contributed by atoms with Crippen LogP contribution >= 0.6 is 0 Å². The molecule has 0 fully saturated rings. The lowest BCUT2D eigenvalue weighted by Crippen LogP contribution is -2.35. The molecule has 210 valence electrons. The third kappa shape index (κ3) is 6.92. The van der Waals surface area contributed by atoms with Crippen LogP contribution in [-0.2, 0) is 14.8 Å². The minimum absolute atomic E-state index is 0.0112. The zero-order chi connectivity index (χ0) is 28.8. The third-order valence-corrected chi connectivity index (χ3v) is 9.32. The topological polar surface area (TPSA) is 139 Å². The van der Waals surface area contributed by atoms with E-state index in [9.17, 15) is 13.2 Å². The highest BCUT2D eigenvalue weighted by Crippen LogP contribution is 2.31. The van der Waals surface area contributed by atoms with Crippen molar-refractivity contribution in [3.8, 4) is 16.9 Å². The summed E-state index contributed by atoms with van der Waals surface area (Å²) in [6.07, 6.45) is 4.53. The van der Waals surface area contributed by atoms with Gasteiger partial charge in [0.05, 0.1) is 12.0 Å². The number of carbonyl (C=O) groups is 1. The average Bonchev–Trinajstić information content (AvgIpc) is 3.43. The molecule has 13 heteroatoms. The van der Waals surface area contributed by atoms with Crippen molar-refractivity contribution >= 4 is 35.6 Å². The van der Waals surface area contributed by atoms with Gasteiger partial charge in [0.25, 0.3) is 15.9 Å². The molecule has 0 spiro atoms. The molecule has 11 nitrogen and oxygen atoms in total. The number of nitrogens with one attached hydrogen (secondary N) is 2. The number of nitrogens with zero attached hydrogens (tertiary/aromatic N) is 4. The van der Waals surface area contributed by atoms with Crippen molar-refractivity contribution in [3.05, 3.63) is 78.9 Å². The van der Waals surface area contributed by atoms with Gasteiger partial charge in [-0.1, -0.05) is 43.9 Å². The SMILES string of the molecule is COc1ccccc1-c1c[nH]nc1C(=O)Nc1cccc(S(=O)(=O)N(COCC[Si](C)(C)C)c2ncccn2)c1. The van der Waals surface area contributed by atoms with Crippen LogP contribution in [0.25, 0.3) is 11.1 Å². The van der Waals surface area contributed by atoms with E-state index in [0.717, 1.165) is 10.3 Å². The van der Waals surface area contributed by atoms with E-state index in [1.54, 1.807) is 37.6 Å². The van der Waals surface area contributed by atoms with Crippen LogP contribution in [0.4, 0.5) is 11.6 Å². The number of hydrogen-bond donors (Lipinski definition) is 2. The number of benzene rings is 2. The lowest BCUT2D eigenvalue weighted by molar-refractivity contribution is 0.102.